The second kappa shape index (κ2) is 5.08. The maximum Gasteiger partial charge on any atom is 0.129 e. The molecule has 0 saturated heterocycles. The molecular weight excluding hydrogens is 222 g/mol. The van der Waals surface area contributed by atoms with Gasteiger partial charge in [-0.3, -0.25) is 0 Å². The molecule has 0 spiro atoms. The molecule has 0 saturated carbocycles. The molecule has 0 aliphatic rings. The van der Waals surface area contributed by atoms with E-state index < -0.39 is 0 Å². The SMILES string of the molecule is Cc1ccc(C(C)Nc2ncc(N)cc2C)cc1. The molecule has 2 aromatic rings. The van der Waals surface area contributed by atoms with Gasteiger partial charge in [0.1, 0.15) is 5.82 Å². The Hall–Kier alpha value is -2.03. The molecule has 3 nitrogen and oxygen atoms in total. The Kier molecular flexibility index (Phi) is 3.51. The highest BCUT2D eigenvalue weighted by molar-refractivity contribution is 5.51. The third kappa shape index (κ3) is 2.80. The minimum Gasteiger partial charge on any atom is -0.397 e. The summed E-state index contributed by atoms with van der Waals surface area (Å²) in [6.45, 7) is 6.23. The second-order valence-corrected chi connectivity index (χ2v) is 4.71. The van der Waals surface area contributed by atoms with Crippen LogP contribution in [-0.2, 0) is 0 Å². The minimum atomic E-state index is 0.223. The summed E-state index contributed by atoms with van der Waals surface area (Å²) in [5.74, 6) is 0.886. The van der Waals surface area contributed by atoms with Crippen LogP contribution in [0.15, 0.2) is 36.5 Å². The van der Waals surface area contributed by atoms with Gasteiger partial charge in [0.05, 0.1) is 11.9 Å². The van der Waals surface area contributed by atoms with Gasteiger partial charge in [-0.15, -0.1) is 0 Å². The number of anilines is 2. The van der Waals surface area contributed by atoms with E-state index in [0.29, 0.717) is 5.69 Å². The highest BCUT2D eigenvalue weighted by Crippen LogP contribution is 2.21. The van der Waals surface area contributed by atoms with E-state index in [1.165, 1.54) is 11.1 Å². The van der Waals surface area contributed by atoms with Crippen molar-refractivity contribution >= 4 is 11.5 Å². The van der Waals surface area contributed by atoms with Crippen molar-refractivity contribution in [3.63, 3.8) is 0 Å². The number of aryl methyl sites for hydroxylation is 2. The van der Waals surface area contributed by atoms with Gasteiger partial charge >= 0.3 is 0 Å². The van der Waals surface area contributed by atoms with Crippen molar-refractivity contribution in [3.8, 4) is 0 Å². The first-order valence-corrected chi connectivity index (χ1v) is 6.11. The second-order valence-electron chi connectivity index (χ2n) is 4.71. The molecule has 2 rings (SSSR count). The molecule has 1 aromatic carbocycles. The van der Waals surface area contributed by atoms with Crippen molar-refractivity contribution in [2.24, 2.45) is 0 Å². The Labute approximate surface area is 108 Å². The fourth-order valence-corrected chi connectivity index (χ4v) is 1.89. The predicted octanol–water partition coefficient (Wildman–Crippen LogP) is 3.45. The van der Waals surface area contributed by atoms with Crippen LogP contribution in [-0.4, -0.2) is 4.98 Å². The van der Waals surface area contributed by atoms with Gasteiger partial charge in [-0.2, -0.15) is 0 Å². The van der Waals surface area contributed by atoms with E-state index in [4.69, 9.17) is 5.73 Å². The van der Waals surface area contributed by atoms with Crippen molar-refractivity contribution in [2.75, 3.05) is 11.1 Å². The van der Waals surface area contributed by atoms with Crippen LogP contribution >= 0.6 is 0 Å². The average Bonchev–Trinajstić information content (AvgIpc) is 2.33. The van der Waals surface area contributed by atoms with E-state index >= 15 is 0 Å². The van der Waals surface area contributed by atoms with Gasteiger partial charge < -0.3 is 11.1 Å². The molecule has 1 unspecified atom stereocenters. The summed E-state index contributed by atoms with van der Waals surface area (Å²) in [5.41, 5.74) is 9.97. The molecule has 94 valence electrons. The smallest absolute Gasteiger partial charge is 0.129 e. The van der Waals surface area contributed by atoms with Crippen LogP contribution < -0.4 is 11.1 Å². The van der Waals surface area contributed by atoms with E-state index in [9.17, 15) is 0 Å². The highest BCUT2D eigenvalue weighted by Gasteiger charge is 2.07. The summed E-state index contributed by atoms with van der Waals surface area (Å²) in [6.07, 6.45) is 1.68. The van der Waals surface area contributed by atoms with Crippen LogP contribution in [0.4, 0.5) is 11.5 Å². The molecule has 1 heterocycles. The van der Waals surface area contributed by atoms with Crippen molar-refractivity contribution in [1.29, 1.82) is 0 Å². The third-order valence-electron chi connectivity index (χ3n) is 3.03. The van der Waals surface area contributed by atoms with E-state index in [-0.39, 0.29) is 6.04 Å². The number of nitrogens with zero attached hydrogens (tertiary/aromatic N) is 1. The summed E-state index contributed by atoms with van der Waals surface area (Å²) < 4.78 is 0. The van der Waals surface area contributed by atoms with E-state index in [1.54, 1.807) is 6.20 Å². The van der Waals surface area contributed by atoms with E-state index in [0.717, 1.165) is 11.4 Å². The summed E-state index contributed by atoms with van der Waals surface area (Å²) >= 11 is 0. The number of nitrogen functional groups attached to an aromatic ring is 1. The van der Waals surface area contributed by atoms with Crippen LogP contribution in [0.2, 0.25) is 0 Å². The lowest BCUT2D eigenvalue weighted by Gasteiger charge is -2.17. The van der Waals surface area contributed by atoms with Crippen molar-refractivity contribution in [2.45, 2.75) is 26.8 Å². The first-order valence-electron chi connectivity index (χ1n) is 6.11. The van der Waals surface area contributed by atoms with Crippen LogP contribution in [0.5, 0.6) is 0 Å². The van der Waals surface area contributed by atoms with Crippen molar-refractivity contribution in [1.82, 2.24) is 4.98 Å². The van der Waals surface area contributed by atoms with Crippen LogP contribution in [0, 0.1) is 13.8 Å². The number of hydrogen-bond donors (Lipinski definition) is 2. The lowest BCUT2D eigenvalue weighted by Crippen LogP contribution is -2.09. The molecule has 3 N–H and O–H groups in total. The zero-order valence-corrected chi connectivity index (χ0v) is 11.1. The van der Waals surface area contributed by atoms with Crippen molar-refractivity contribution in [3.05, 3.63) is 53.2 Å². The Morgan fingerprint density at radius 3 is 2.44 bits per heavy atom. The maximum atomic E-state index is 5.70. The maximum absolute atomic E-state index is 5.70. The average molecular weight is 241 g/mol. The molecule has 0 aliphatic carbocycles. The van der Waals surface area contributed by atoms with E-state index in [1.807, 2.05) is 13.0 Å². The molecule has 18 heavy (non-hydrogen) atoms. The topological polar surface area (TPSA) is 50.9 Å². The predicted molar refractivity (Wildman–Crippen MR) is 76.6 cm³/mol. The Balaban J connectivity index is 2.15. The molecule has 1 aromatic heterocycles. The lowest BCUT2D eigenvalue weighted by molar-refractivity contribution is 0.871. The Bertz CT molecular complexity index is 532. The number of aromatic nitrogens is 1. The van der Waals surface area contributed by atoms with Crippen LogP contribution in [0.3, 0.4) is 0 Å². The van der Waals surface area contributed by atoms with Gasteiger partial charge in [0.2, 0.25) is 0 Å². The molecule has 0 radical (unpaired) electrons. The number of nitrogens with two attached hydrogens (primary N) is 1. The van der Waals surface area contributed by atoms with Gasteiger partial charge in [0, 0.05) is 6.04 Å². The van der Waals surface area contributed by atoms with Crippen molar-refractivity contribution < 1.29 is 0 Å². The first-order chi connectivity index (χ1) is 8.56. The molecule has 0 fully saturated rings. The normalized spacial score (nSPS) is 12.2. The molecule has 0 aliphatic heterocycles. The fourth-order valence-electron chi connectivity index (χ4n) is 1.89. The number of rotatable bonds is 3. The van der Waals surface area contributed by atoms with Gasteiger partial charge in [-0.25, -0.2) is 4.98 Å². The van der Waals surface area contributed by atoms with Gasteiger partial charge in [-0.05, 0) is 38.0 Å². The molecule has 1 atom stereocenters. The minimum absolute atomic E-state index is 0.223. The summed E-state index contributed by atoms with van der Waals surface area (Å²) in [6, 6.07) is 10.7. The summed E-state index contributed by atoms with van der Waals surface area (Å²) in [5, 5.41) is 3.41. The highest BCUT2D eigenvalue weighted by atomic mass is 15.0. The largest absolute Gasteiger partial charge is 0.397 e. The fraction of sp³-hybridized carbons (Fsp3) is 0.267. The Morgan fingerprint density at radius 2 is 1.83 bits per heavy atom. The van der Waals surface area contributed by atoms with Gasteiger partial charge in [0.25, 0.3) is 0 Å². The molecule has 3 heteroatoms. The van der Waals surface area contributed by atoms with Gasteiger partial charge in [0.15, 0.2) is 0 Å². The zero-order valence-electron chi connectivity index (χ0n) is 11.1. The number of hydrogen-bond acceptors (Lipinski definition) is 3. The van der Waals surface area contributed by atoms with Crippen LogP contribution in [0.25, 0.3) is 0 Å². The van der Waals surface area contributed by atoms with E-state index in [2.05, 4.69) is 48.4 Å². The number of pyridine rings is 1. The summed E-state index contributed by atoms with van der Waals surface area (Å²) in [7, 11) is 0. The third-order valence-corrected chi connectivity index (χ3v) is 3.03. The zero-order chi connectivity index (χ0) is 13.1. The number of benzene rings is 1. The molecule has 0 amide bonds. The number of nitrogens with one attached hydrogen (secondary N) is 1. The molecular formula is C15H19N3. The Morgan fingerprint density at radius 1 is 1.17 bits per heavy atom. The molecule has 0 bridgehead atoms. The van der Waals surface area contributed by atoms with Crippen LogP contribution in [0.1, 0.15) is 29.7 Å². The first kappa shape index (κ1) is 12.4. The van der Waals surface area contributed by atoms with Gasteiger partial charge in [-0.1, -0.05) is 29.8 Å². The summed E-state index contributed by atoms with van der Waals surface area (Å²) in [4.78, 5) is 4.32. The standard InChI is InChI=1S/C15H19N3/c1-10-4-6-13(7-5-10)12(3)18-15-11(2)8-14(16)9-17-15/h4-9,12H,16H2,1-3H3,(H,17,18). The lowest BCUT2D eigenvalue weighted by atomic mass is 10.1. The quantitative estimate of drug-likeness (QED) is 0.865. The monoisotopic (exact) mass is 241 g/mol.